The molecular formula is C19H16F6N2O3. The van der Waals surface area contributed by atoms with Gasteiger partial charge in [0.1, 0.15) is 11.5 Å². The molecule has 0 saturated carbocycles. The number of hydrogen-bond acceptors (Lipinski definition) is 4. The molecule has 162 valence electrons. The van der Waals surface area contributed by atoms with Crippen LogP contribution in [0.5, 0.6) is 11.5 Å². The summed E-state index contributed by atoms with van der Waals surface area (Å²) in [4.78, 5) is 11.8. The first kappa shape index (κ1) is 22.9. The number of hydrogen-bond donors (Lipinski definition) is 2. The highest BCUT2D eigenvalue weighted by molar-refractivity contribution is 6.19. The third-order valence-corrected chi connectivity index (χ3v) is 3.64. The molecule has 0 aromatic heterocycles. The molecule has 0 unspecified atom stereocenters. The van der Waals surface area contributed by atoms with E-state index in [1.807, 2.05) is 0 Å². The van der Waals surface area contributed by atoms with E-state index >= 15 is 0 Å². The maximum atomic E-state index is 13.0. The average Bonchev–Trinajstić information content (AvgIpc) is 2.62. The first-order valence-electron chi connectivity index (χ1n) is 8.37. The Morgan fingerprint density at radius 2 is 1.70 bits per heavy atom. The molecule has 0 atom stereocenters. The third kappa shape index (κ3) is 6.33. The largest absolute Gasteiger partial charge is 0.573 e. The van der Waals surface area contributed by atoms with Crippen LogP contribution in [0, 0.1) is 0 Å². The SMILES string of the molecule is CCOc1ccc(C(F)(F)F)cc1N/C=C(\C(N)=O)c1ccc(OC(F)(F)F)cc1. The summed E-state index contributed by atoms with van der Waals surface area (Å²) in [5.41, 5.74) is 4.20. The summed E-state index contributed by atoms with van der Waals surface area (Å²) in [5, 5.41) is 2.54. The second kappa shape index (κ2) is 8.97. The van der Waals surface area contributed by atoms with Crippen molar-refractivity contribution in [2.75, 3.05) is 11.9 Å². The molecule has 2 aromatic rings. The molecule has 0 aliphatic carbocycles. The van der Waals surface area contributed by atoms with E-state index < -0.39 is 29.8 Å². The number of rotatable bonds is 7. The van der Waals surface area contributed by atoms with Crippen LogP contribution in [0.2, 0.25) is 0 Å². The summed E-state index contributed by atoms with van der Waals surface area (Å²) in [5.74, 6) is -1.38. The maximum absolute atomic E-state index is 13.0. The molecule has 5 nitrogen and oxygen atoms in total. The Morgan fingerprint density at radius 1 is 1.07 bits per heavy atom. The lowest BCUT2D eigenvalue weighted by Gasteiger charge is -2.14. The first-order chi connectivity index (χ1) is 13.9. The van der Waals surface area contributed by atoms with Crippen molar-refractivity contribution in [2.24, 2.45) is 5.73 Å². The normalized spacial score (nSPS) is 12.4. The molecule has 0 saturated heterocycles. The number of carbonyl (C=O) groups excluding carboxylic acids is 1. The molecule has 2 rings (SSSR count). The van der Waals surface area contributed by atoms with Gasteiger partial charge in [-0.1, -0.05) is 12.1 Å². The van der Waals surface area contributed by atoms with Gasteiger partial charge in [0.2, 0.25) is 0 Å². The van der Waals surface area contributed by atoms with Crippen LogP contribution in [-0.4, -0.2) is 18.9 Å². The number of halogens is 6. The number of nitrogens with two attached hydrogens (primary N) is 1. The van der Waals surface area contributed by atoms with Crippen LogP contribution >= 0.6 is 0 Å². The highest BCUT2D eigenvalue weighted by Crippen LogP contribution is 2.35. The minimum absolute atomic E-state index is 0.0811. The van der Waals surface area contributed by atoms with Crippen molar-refractivity contribution in [3.05, 3.63) is 59.8 Å². The van der Waals surface area contributed by atoms with E-state index in [1.165, 1.54) is 0 Å². The number of primary amides is 1. The Balaban J connectivity index is 2.35. The summed E-state index contributed by atoms with van der Waals surface area (Å²) >= 11 is 0. The fraction of sp³-hybridized carbons (Fsp3) is 0.211. The van der Waals surface area contributed by atoms with E-state index in [1.54, 1.807) is 6.92 Å². The number of nitrogens with one attached hydrogen (secondary N) is 1. The number of ether oxygens (including phenoxy) is 2. The second-order valence-electron chi connectivity index (χ2n) is 5.78. The fourth-order valence-corrected chi connectivity index (χ4v) is 2.38. The molecule has 30 heavy (non-hydrogen) atoms. The van der Waals surface area contributed by atoms with Crippen LogP contribution in [0.15, 0.2) is 48.7 Å². The monoisotopic (exact) mass is 434 g/mol. The molecule has 0 radical (unpaired) electrons. The van der Waals surface area contributed by atoms with E-state index in [4.69, 9.17) is 10.5 Å². The highest BCUT2D eigenvalue weighted by atomic mass is 19.4. The smallest absolute Gasteiger partial charge is 0.492 e. The van der Waals surface area contributed by atoms with Crippen LogP contribution in [0.25, 0.3) is 5.57 Å². The van der Waals surface area contributed by atoms with Crippen LogP contribution in [0.3, 0.4) is 0 Å². The number of alkyl halides is 6. The van der Waals surface area contributed by atoms with Gasteiger partial charge in [0.05, 0.1) is 23.4 Å². The van der Waals surface area contributed by atoms with Gasteiger partial charge < -0.3 is 20.5 Å². The van der Waals surface area contributed by atoms with Gasteiger partial charge in [-0.2, -0.15) is 13.2 Å². The Kier molecular flexibility index (Phi) is 6.85. The van der Waals surface area contributed by atoms with Crippen molar-refractivity contribution in [3.8, 4) is 11.5 Å². The van der Waals surface area contributed by atoms with Crippen LogP contribution in [-0.2, 0) is 11.0 Å². The number of carbonyl (C=O) groups is 1. The Hall–Kier alpha value is -3.37. The van der Waals surface area contributed by atoms with Gasteiger partial charge in [-0.15, -0.1) is 13.2 Å². The topological polar surface area (TPSA) is 73.6 Å². The van der Waals surface area contributed by atoms with E-state index in [2.05, 4.69) is 10.1 Å². The van der Waals surface area contributed by atoms with E-state index in [0.29, 0.717) is 0 Å². The van der Waals surface area contributed by atoms with Crippen molar-refractivity contribution in [2.45, 2.75) is 19.5 Å². The van der Waals surface area contributed by atoms with Crippen LogP contribution < -0.4 is 20.5 Å². The zero-order valence-corrected chi connectivity index (χ0v) is 15.4. The average molecular weight is 434 g/mol. The van der Waals surface area contributed by atoms with Crippen molar-refractivity contribution in [1.29, 1.82) is 0 Å². The summed E-state index contributed by atoms with van der Waals surface area (Å²) in [6.07, 6.45) is -8.45. The molecule has 0 aliphatic heterocycles. The predicted octanol–water partition coefficient (Wildman–Crippen LogP) is 4.94. The van der Waals surface area contributed by atoms with Gasteiger partial charge in [-0.3, -0.25) is 4.79 Å². The molecule has 0 fully saturated rings. The van der Waals surface area contributed by atoms with Gasteiger partial charge in [-0.25, -0.2) is 0 Å². The quantitative estimate of drug-likeness (QED) is 0.478. The molecule has 3 N–H and O–H groups in total. The Morgan fingerprint density at radius 3 is 2.20 bits per heavy atom. The first-order valence-corrected chi connectivity index (χ1v) is 8.37. The molecule has 2 aromatic carbocycles. The van der Waals surface area contributed by atoms with Gasteiger partial charge in [0.15, 0.2) is 0 Å². The Bertz CT molecular complexity index is 921. The van der Waals surface area contributed by atoms with Crippen molar-refractivity contribution >= 4 is 17.2 Å². The van der Waals surface area contributed by atoms with Crippen molar-refractivity contribution in [3.63, 3.8) is 0 Å². The molecule has 0 spiro atoms. The van der Waals surface area contributed by atoms with E-state index in [-0.39, 0.29) is 29.2 Å². The highest BCUT2D eigenvalue weighted by Gasteiger charge is 2.32. The van der Waals surface area contributed by atoms with Gasteiger partial charge in [0, 0.05) is 6.20 Å². The molecule has 0 aliphatic rings. The summed E-state index contributed by atoms with van der Waals surface area (Å²) in [7, 11) is 0. The zero-order chi connectivity index (χ0) is 22.5. The molecule has 11 heteroatoms. The lowest BCUT2D eigenvalue weighted by molar-refractivity contribution is -0.274. The zero-order valence-electron chi connectivity index (χ0n) is 15.4. The van der Waals surface area contributed by atoms with Gasteiger partial charge in [0.25, 0.3) is 5.91 Å². The predicted molar refractivity (Wildman–Crippen MR) is 96.5 cm³/mol. The van der Waals surface area contributed by atoms with Crippen LogP contribution in [0.1, 0.15) is 18.1 Å². The molecule has 0 heterocycles. The lowest BCUT2D eigenvalue weighted by atomic mass is 10.1. The summed E-state index contributed by atoms with van der Waals surface area (Å²) < 4.78 is 84.7. The third-order valence-electron chi connectivity index (χ3n) is 3.64. The maximum Gasteiger partial charge on any atom is 0.573 e. The molecular weight excluding hydrogens is 418 g/mol. The van der Waals surface area contributed by atoms with Crippen LogP contribution in [0.4, 0.5) is 32.0 Å². The van der Waals surface area contributed by atoms with E-state index in [9.17, 15) is 31.1 Å². The Labute approximate surface area is 167 Å². The summed E-state index contributed by atoms with van der Waals surface area (Å²) in [6, 6.07) is 6.99. The standard InChI is InChI=1S/C19H16F6N2O3/c1-2-29-16-8-5-12(18(20,21)22)9-15(16)27-10-14(17(26)28)11-3-6-13(7-4-11)30-19(23,24)25/h3-10,27H,2H2,1H3,(H2,26,28)/b14-10-. The number of anilines is 1. The van der Waals surface area contributed by atoms with Gasteiger partial charge >= 0.3 is 12.5 Å². The summed E-state index contributed by atoms with van der Waals surface area (Å²) in [6.45, 7) is 1.81. The van der Waals surface area contributed by atoms with Crippen molar-refractivity contribution in [1.82, 2.24) is 0 Å². The van der Waals surface area contributed by atoms with Gasteiger partial charge in [-0.05, 0) is 42.8 Å². The van der Waals surface area contributed by atoms with E-state index in [0.717, 1.165) is 48.7 Å². The lowest BCUT2D eigenvalue weighted by Crippen LogP contribution is -2.17. The van der Waals surface area contributed by atoms with Crippen molar-refractivity contribution < 1.29 is 40.6 Å². The minimum Gasteiger partial charge on any atom is -0.492 e. The molecule has 0 bridgehead atoms. The molecule has 1 amide bonds. The number of benzene rings is 2. The minimum atomic E-state index is -4.88. The number of amides is 1. The second-order valence-corrected chi connectivity index (χ2v) is 5.78. The fourth-order valence-electron chi connectivity index (χ4n) is 2.38.